The summed E-state index contributed by atoms with van der Waals surface area (Å²) >= 11 is 6.11. The van der Waals surface area contributed by atoms with Crippen molar-refractivity contribution in [3.05, 3.63) is 70.2 Å². The average Bonchev–Trinajstić information content (AvgIpc) is 2.67. The molecule has 0 saturated carbocycles. The number of halogens is 1. The minimum absolute atomic E-state index is 0.114. The Bertz CT molecular complexity index is 869. The second-order valence-electron chi connectivity index (χ2n) is 7.06. The van der Waals surface area contributed by atoms with Crippen molar-refractivity contribution in [3.63, 3.8) is 0 Å². The molecule has 0 spiro atoms. The van der Waals surface area contributed by atoms with Crippen molar-refractivity contribution in [3.8, 4) is 12.3 Å². The number of carbonyl (C=O) groups is 2. The van der Waals surface area contributed by atoms with E-state index in [0.29, 0.717) is 17.1 Å². The van der Waals surface area contributed by atoms with Crippen molar-refractivity contribution >= 4 is 23.4 Å². The van der Waals surface area contributed by atoms with Gasteiger partial charge in [-0.15, -0.1) is 6.42 Å². The van der Waals surface area contributed by atoms with E-state index < -0.39 is 6.04 Å². The first-order valence-electron chi connectivity index (χ1n) is 9.16. The first-order chi connectivity index (χ1) is 13.3. The Hall–Kier alpha value is -2.77. The van der Waals surface area contributed by atoms with Gasteiger partial charge in [0.1, 0.15) is 6.04 Å². The van der Waals surface area contributed by atoms with Gasteiger partial charge < -0.3 is 10.2 Å². The van der Waals surface area contributed by atoms with Gasteiger partial charge in [0.25, 0.3) is 5.91 Å². The summed E-state index contributed by atoms with van der Waals surface area (Å²) < 4.78 is 0. The summed E-state index contributed by atoms with van der Waals surface area (Å²) in [6.07, 6.45) is 5.48. The molecule has 2 aromatic rings. The summed E-state index contributed by atoms with van der Waals surface area (Å²) in [4.78, 5) is 27.4. The molecule has 28 heavy (non-hydrogen) atoms. The third kappa shape index (κ3) is 5.61. The van der Waals surface area contributed by atoms with E-state index in [-0.39, 0.29) is 24.3 Å². The maximum absolute atomic E-state index is 13.2. The number of rotatable bonds is 7. The Kier molecular flexibility index (Phi) is 7.66. The lowest BCUT2D eigenvalue weighted by Crippen LogP contribution is -2.51. The lowest BCUT2D eigenvalue weighted by molar-refractivity contribution is -0.134. The van der Waals surface area contributed by atoms with Gasteiger partial charge in [-0.2, -0.15) is 0 Å². The highest BCUT2D eigenvalue weighted by Crippen LogP contribution is 2.17. The molecular formula is C23H25ClN2O2. The van der Waals surface area contributed by atoms with Gasteiger partial charge in [-0.05, 0) is 30.5 Å². The molecule has 1 unspecified atom stereocenters. The number of terminal acetylenes is 1. The van der Waals surface area contributed by atoms with Crippen molar-refractivity contribution in [1.29, 1.82) is 0 Å². The largest absolute Gasteiger partial charge is 0.340 e. The van der Waals surface area contributed by atoms with E-state index in [1.54, 1.807) is 29.2 Å². The van der Waals surface area contributed by atoms with Crippen molar-refractivity contribution in [2.75, 3.05) is 6.54 Å². The molecule has 1 N–H and O–H groups in total. The molecule has 5 heteroatoms. The smallest absolute Gasteiger partial charge is 0.253 e. The fourth-order valence-corrected chi connectivity index (χ4v) is 3.03. The summed E-state index contributed by atoms with van der Waals surface area (Å²) in [5.41, 5.74) is 2.46. The molecule has 2 rings (SSSR count). The average molecular weight is 397 g/mol. The fourth-order valence-electron chi connectivity index (χ4n) is 2.81. The molecule has 0 saturated heterocycles. The van der Waals surface area contributed by atoms with E-state index in [1.165, 1.54) is 0 Å². The van der Waals surface area contributed by atoms with E-state index in [2.05, 4.69) is 11.2 Å². The van der Waals surface area contributed by atoms with Crippen molar-refractivity contribution in [2.45, 2.75) is 33.4 Å². The zero-order valence-corrected chi connectivity index (χ0v) is 17.2. The monoisotopic (exact) mass is 396 g/mol. The summed E-state index contributed by atoms with van der Waals surface area (Å²) in [5.74, 6) is 1.83. The Morgan fingerprint density at radius 3 is 2.36 bits per heavy atom. The van der Waals surface area contributed by atoms with Crippen molar-refractivity contribution in [2.24, 2.45) is 5.92 Å². The van der Waals surface area contributed by atoms with Crippen LogP contribution in [0, 0.1) is 25.2 Å². The number of aryl methyl sites for hydroxylation is 1. The van der Waals surface area contributed by atoms with Gasteiger partial charge in [-0.25, -0.2) is 0 Å². The van der Waals surface area contributed by atoms with E-state index in [9.17, 15) is 9.59 Å². The summed E-state index contributed by atoms with van der Waals surface area (Å²) in [6.45, 7) is 6.32. The number of benzene rings is 2. The van der Waals surface area contributed by atoms with Crippen LogP contribution in [0.5, 0.6) is 0 Å². The van der Waals surface area contributed by atoms with Gasteiger partial charge in [0.2, 0.25) is 5.91 Å². The zero-order valence-electron chi connectivity index (χ0n) is 16.4. The van der Waals surface area contributed by atoms with Gasteiger partial charge in [-0.1, -0.05) is 73.3 Å². The van der Waals surface area contributed by atoms with Crippen LogP contribution < -0.4 is 5.32 Å². The van der Waals surface area contributed by atoms with Crippen LogP contribution in [0.4, 0.5) is 0 Å². The summed E-state index contributed by atoms with van der Waals surface area (Å²) in [5, 5.41) is 3.17. The molecule has 0 aromatic heterocycles. The molecule has 0 heterocycles. The predicted octanol–water partition coefficient (Wildman–Crippen LogP) is 4.06. The van der Waals surface area contributed by atoms with Gasteiger partial charge in [0.05, 0.1) is 17.1 Å². The Morgan fingerprint density at radius 2 is 1.79 bits per heavy atom. The van der Waals surface area contributed by atoms with Crippen LogP contribution >= 0.6 is 11.6 Å². The van der Waals surface area contributed by atoms with Crippen molar-refractivity contribution in [1.82, 2.24) is 10.2 Å². The molecule has 0 aliphatic heterocycles. The van der Waals surface area contributed by atoms with Gasteiger partial charge >= 0.3 is 0 Å². The van der Waals surface area contributed by atoms with Crippen LogP contribution in [0.15, 0.2) is 48.5 Å². The maximum atomic E-state index is 13.2. The van der Waals surface area contributed by atoms with Crippen molar-refractivity contribution < 1.29 is 9.59 Å². The van der Waals surface area contributed by atoms with Crippen LogP contribution in [0.25, 0.3) is 0 Å². The topological polar surface area (TPSA) is 49.4 Å². The van der Waals surface area contributed by atoms with Gasteiger partial charge in [0.15, 0.2) is 0 Å². The minimum Gasteiger partial charge on any atom is -0.340 e. The highest BCUT2D eigenvalue weighted by atomic mass is 35.5. The normalized spacial score (nSPS) is 11.6. The van der Waals surface area contributed by atoms with Crippen LogP contribution in [-0.2, 0) is 11.3 Å². The van der Waals surface area contributed by atoms with E-state index >= 15 is 0 Å². The molecule has 2 aromatic carbocycles. The summed E-state index contributed by atoms with van der Waals surface area (Å²) in [7, 11) is 0. The van der Waals surface area contributed by atoms with E-state index in [1.807, 2.05) is 45.0 Å². The molecule has 0 fully saturated rings. The van der Waals surface area contributed by atoms with Gasteiger partial charge in [0, 0.05) is 6.54 Å². The third-order valence-corrected chi connectivity index (χ3v) is 4.76. The van der Waals surface area contributed by atoms with Crippen LogP contribution in [0.3, 0.4) is 0 Å². The molecule has 2 amide bonds. The maximum Gasteiger partial charge on any atom is 0.253 e. The van der Waals surface area contributed by atoms with Crippen LogP contribution in [0.1, 0.15) is 35.3 Å². The molecule has 0 radical (unpaired) electrons. The number of carbonyl (C=O) groups excluding carboxylic acids is 2. The molecule has 4 nitrogen and oxygen atoms in total. The molecule has 0 bridgehead atoms. The number of hydrogen-bond acceptors (Lipinski definition) is 2. The Balaban J connectivity index is 2.20. The SMILES string of the molecule is C#CCN(Cc1ccc(C)cc1)C(=O)C(NC(=O)c1ccccc1Cl)C(C)C. The van der Waals surface area contributed by atoms with E-state index in [4.69, 9.17) is 18.0 Å². The Morgan fingerprint density at radius 1 is 1.14 bits per heavy atom. The highest BCUT2D eigenvalue weighted by molar-refractivity contribution is 6.33. The number of nitrogens with one attached hydrogen (secondary N) is 1. The second kappa shape index (κ2) is 9.96. The summed E-state index contributed by atoms with van der Waals surface area (Å²) in [6, 6.07) is 14.0. The lowest BCUT2D eigenvalue weighted by Gasteiger charge is -2.29. The minimum atomic E-state index is -0.706. The standard InChI is InChI=1S/C23H25ClN2O2/c1-5-14-26(15-18-12-10-17(4)11-13-18)23(28)21(16(2)3)25-22(27)19-8-6-7-9-20(19)24/h1,6-13,16,21H,14-15H2,2-4H3,(H,25,27). The number of amides is 2. The zero-order chi connectivity index (χ0) is 20.7. The van der Waals surface area contributed by atoms with Gasteiger partial charge in [-0.3, -0.25) is 9.59 Å². The molecule has 0 aliphatic carbocycles. The Labute approximate surface area is 171 Å². The molecule has 1 atom stereocenters. The molecular weight excluding hydrogens is 372 g/mol. The van der Waals surface area contributed by atoms with Crippen LogP contribution in [0.2, 0.25) is 5.02 Å². The molecule has 146 valence electrons. The fraction of sp³-hybridized carbons (Fsp3) is 0.304. The lowest BCUT2D eigenvalue weighted by atomic mass is 10.0. The molecule has 0 aliphatic rings. The third-order valence-electron chi connectivity index (χ3n) is 4.43. The second-order valence-corrected chi connectivity index (χ2v) is 7.47. The quantitative estimate of drug-likeness (QED) is 0.717. The number of hydrogen-bond donors (Lipinski definition) is 1. The highest BCUT2D eigenvalue weighted by Gasteiger charge is 2.29. The van der Waals surface area contributed by atoms with E-state index in [0.717, 1.165) is 11.1 Å². The first-order valence-corrected chi connectivity index (χ1v) is 9.54. The predicted molar refractivity (Wildman–Crippen MR) is 113 cm³/mol. The number of nitrogens with zero attached hydrogens (tertiary/aromatic N) is 1. The van der Waals surface area contributed by atoms with Crippen LogP contribution in [-0.4, -0.2) is 29.3 Å². The first kappa shape index (κ1) is 21.5.